The number of ketones is 1. The summed E-state index contributed by atoms with van der Waals surface area (Å²) in [4.78, 5) is 14.9. The summed E-state index contributed by atoms with van der Waals surface area (Å²) < 4.78 is 0. The van der Waals surface area contributed by atoms with Crippen LogP contribution in [-0.2, 0) is 4.79 Å². The van der Waals surface area contributed by atoms with Crippen molar-refractivity contribution in [1.29, 1.82) is 0 Å². The van der Waals surface area contributed by atoms with Gasteiger partial charge in [0.05, 0.1) is 5.54 Å². The molecule has 0 saturated heterocycles. The summed E-state index contributed by atoms with van der Waals surface area (Å²) in [5, 5.41) is 0. The van der Waals surface area contributed by atoms with Crippen LogP contribution in [0.5, 0.6) is 0 Å². The van der Waals surface area contributed by atoms with Gasteiger partial charge in [-0.15, -0.1) is 0 Å². The first-order chi connectivity index (χ1) is 9.56. The van der Waals surface area contributed by atoms with Crippen molar-refractivity contribution >= 4 is 5.78 Å². The molecule has 0 heterocycles. The molecule has 0 aromatic heterocycles. The van der Waals surface area contributed by atoms with Crippen LogP contribution in [0.15, 0.2) is 0 Å². The van der Waals surface area contributed by atoms with Gasteiger partial charge in [-0.1, -0.05) is 66.2 Å². The number of hydrogen-bond acceptors (Lipinski definition) is 2. The van der Waals surface area contributed by atoms with Crippen molar-refractivity contribution in [1.82, 2.24) is 4.90 Å². The first kappa shape index (κ1) is 19.6. The van der Waals surface area contributed by atoms with E-state index in [9.17, 15) is 4.79 Å². The maximum absolute atomic E-state index is 12.5. The Morgan fingerprint density at radius 1 is 0.850 bits per heavy atom. The second kappa shape index (κ2) is 11.3. The van der Waals surface area contributed by atoms with Crippen molar-refractivity contribution < 1.29 is 4.79 Å². The molecule has 0 amide bonds. The number of carbonyl (C=O) groups is 1. The lowest BCUT2D eigenvalue weighted by molar-refractivity contribution is -0.130. The third kappa shape index (κ3) is 6.39. The zero-order chi connectivity index (χ0) is 15.4. The molecule has 0 aliphatic heterocycles. The van der Waals surface area contributed by atoms with Gasteiger partial charge in [0.1, 0.15) is 0 Å². The Labute approximate surface area is 127 Å². The molecular formula is C18H37NO. The molecule has 0 aromatic carbocycles. The number of unbranched alkanes of at least 4 members (excludes halogenated alkanes) is 6. The predicted molar refractivity (Wildman–Crippen MR) is 89.2 cm³/mol. The van der Waals surface area contributed by atoms with Crippen LogP contribution in [0.25, 0.3) is 0 Å². The summed E-state index contributed by atoms with van der Waals surface area (Å²) in [5.74, 6) is 0.442. The highest BCUT2D eigenvalue weighted by Gasteiger charge is 2.34. The van der Waals surface area contributed by atoms with E-state index in [0.717, 1.165) is 32.4 Å². The van der Waals surface area contributed by atoms with Gasteiger partial charge < -0.3 is 0 Å². The third-order valence-corrected chi connectivity index (χ3v) is 4.76. The van der Waals surface area contributed by atoms with Gasteiger partial charge >= 0.3 is 0 Å². The molecule has 0 aromatic rings. The lowest BCUT2D eigenvalue weighted by Crippen LogP contribution is -2.51. The van der Waals surface area contributed by atoms with E-state index in [1.165, 1.54) is 38.5 Å². The zero-order valence-electron chi connectivity index (χ0n) is 14.6. The summed E-state index contributed by atoms with van der Waals surface area (Å²) in [7, 11) is 0. The normalized spacial score (nSPS) is 14.5. The number of Topliss-reactive ketones (excluding diaryl/α,β-unsaturated/α-hetero) is 1. The maximum atomic E-state index is 12.5. The van der Waals surface area contributed by atoms with Crippen LogP contribution in [-0.4, -0.2) is 29.3 Å². The van der Waals surface area contributed by atoms with Gasteiger partial charge in [-0.25, -0.2) is 0 Å². The Morgan fingerprint density at radius 3 is 1.80 bits per heavy atom. The topological polar surface area (TPSA) is 20.3 Å². The third-order valence-electron chi connectivity index (χ3n) is 4.76. The summed E-state index contributed by atoms with van der Waals surface area (Å²) in [6.07, 6.45) is 10.6. The monoisotopic (exact) mass is 283 g/mol. The molecule has 0 rings (SSSR count). The molecule has 1 unspecified atom stereocenters. The summed E-state index contributed by atoms with van der Waals surface area (Å²) in [6, 6.07) is 0. The molecule has 0 saturated carbocycles. The fraction of sp³-hybridized carbons (Fsp3) is 0.944. The first-order valence-electron chi connectivity index (χ1n) is 8.85. The quantitative estimate of drug-likeness (QED) is 0.433. The smallest absolute Gasteiger partial charge is 0.152 e. The van der Waals surface area contributed by atoms with Crippen LogP contribution < -0.4 is 0 Å². The minimum atomic E-state index is -0.244. The fourth-order valence-electron chi connectivity index (χ4n) is 3.03. The average Bonchev–Trinajstić information content (AvgIpc) is 2.46. The van der Waals surface area contributed by atoms with Gasteiger partial charge in [-0.2, -0.15) is 0 Å². The molecule has 2 heteroatoms. The largest absolute Gasteiger partial charge is 0.298 e. The molecule has 0 aliphatic carbocycles. The average molecular weight is 284 g/mol. The molecule has 2 nitrogen and oxygen atoms in total. The summed E-state index contributed by atoms with van der Waals surface area (Å²) >= 11 is 0. The lowest BCUT2D eigenvalue weighted by Gasteiger charge is -2.38. The highest BCUT2D eigenvalue weighted by atomic mass is 16.1. The van der Waals surface area contributed by atoms with Crippen LogP contribution in [0.3, 0.4) is 0 Å². The van der Waals surface area contributed by atoms with Gasteiger partial charge in [0.15, 0.2) is 5.78 Å². The van der Waals surface area contributed by atoms with Crippen LogP contribution >= 0.6 is 0 Å². The van der Waals surface area contributed by atoms with E-state index < -0.39 is 0 Å². The van der Waals surface area contributed by atoms with Crippen LogP contribution in [0.2, 0.25) is 0 Å². The number of nitrogens with zero attached hydrogens (tertiary/aromatic N) is 1. The Kier molecular flexibility index (Phi) is 11.1. The molecule has 0 fully saturated rings. The van der Waals surface area contributed by atoms with Gasteiger partial charge in [0.25, 0.3) is 0 Å². The Morgan fingerprint density at radius 2 is 1.35 bits per heavy atom. The molecule has 120 valence electrons. The van der Waals surface area contributed by atoms with Gasteiger partial charge in [0, 0.05) is 6.42 Å². The van der Waals surface area contributed by atoms with E-state index in [0.29, 0.717) is 5.78 Å². The molecule has 1 atom stereocenters. The second-order valence-corrected chi connectivity index (χ2v) is 6.09. The van der Waals surface area contributed by atoms with Crippen molar-refractivity contribution in [2.24, 2.45) is 0 Å². The molecule has 0 radical (unpaired) electrons. The van der Waals surface area contributed by atoms with Crippen molar-refractivity contribution in [2.45, 2.75) is 97.9 Å². The summed E-state index contributed by atoms with van der Waals surface area (Å²) in [5.41, 5.74) is -0.244. The van der Waals surface area contributed by atoms with Crippen molar-refractivity contribution in [3.8, 4) is 0 Å². The maximum Gasteiger partial charge on any atom is 0.152 e. The van der Waals surface area contributed by atoms with E-state index in [-0.39, 0.29) is 5.54 Å². The predicted octanol–water partition coefficient (Wildman–Crippen LogP) is 5.21. The second-order valence-electron chi connectivity index (χ2n) is 6.09. The molecule has 20 heavy (non-hydrogen) atoms. The number of rotatable bonds is 13. The van der Waals surface area contributed by atoms with E-state index in [4.69, 9.17) is 0 Å². The fourth-order valence-corrected chi connectivity index (χ4v) is 3.03. The van der Waals surface area contributed by atoms with E-state index >= 15 is 0 Å². The van der Waals surface area contributed by atoms with E-state index in [2.05, 4.69) is 39.5 Å². The van der Waals surface area contributed by atoms with Gasteiger partial charge in [-0.05, 0) is 32.9 Å². The Bertz CT molecular complexity index is 248. The van der Waals surface area contributed by atoms with Crippen molar-refractivity contribution in [3.63, 3.8) is 0 Å². The molecule has 0 spiro atoms. The number of carbonyl (C=O) groups excluding carboxylic acids is 1. The molecular weight excluding hydrogens is 246 g/mol. The Hall–Kier alpha value is -0.370. The highest BCUT2D eigenvalue weighted by Crippen LogP contribution is 2.23. The lowest BCUT2D eigenvalue weighted by atomic mass is 9.87. The SMILES string of the molecule is CCCCCCCCCC(=O)C(C)(CC)N(CC)CC. The van der Waals surface area contributed by atoms with Crippen LogP contribution in [0.1, 0.15) is 92.4 Å². The molecule has 0 aliphatic rings. The number of likely N-dealkylation sites (N-methyl/N-ethyl adjacent to an activating group) is 1. The minimum absolute atomic E-state index is 0.244. The Balaban J connectivity index is 4.04. The molecule has 0 bridgehead atoms. The number of hydrogen-bond donors (Lipinski definition) is 0. The van der Waals surface area contributed by atoms with Crippen molar-refractivity contribution in [3.05, 3.63) is 0 Å². The van der Waals surface area contributed by atoms with E-state index in [1.807, 2.05) is 0 Å². The zero-order valence-corrected chi connectivity index (χ0v) is 14.6. The minimum Gasteiger partial charge on any atom is -0.298 e. The summed E-state index contributed by atoms with van der Waals surface area (Å²) in [6.45, 7) is 12.7. The van der Waals surface area contributed by atoms with Crippen LogP contribution in [0, 0.1) is 0 Å². The van der Waals surface area contributed by atoms with Gasteiger partial charge in [-0.3, -0.25) is 9.69 Å². The van der Waals surface area contributed by atoms with E-state index in [1.54, 1.807) is 0 Å². The molecule has 0 N–H and O–H groups in total. The van der Waals surface area contributed by atoms with Crippen LogP contribution in [0.4, 0.5) is 0 Å². The standard InChI is InChI=1S/C18H37NO/c1-6-10-11-12-13-14-15-16-17(20)18(5,7-2)19(8-3)9-4/h6-16H2,1-5H3. The first-order valence-corrected chi connectivity index (χ1v) is 8.85. The van der Waals surface area contributed by atoms with Crippen molar-refractivity contribution in [2.75, 3.05) is 13.1 Å². The van der Waals surface area contributed by atoms with Gasteiger partial charge in [0.2, 0.25) is 0 Å². The highest BCUT2D eigenvalue weighted by molar-refractivity contribution is 5.87.